The summed E-state index contributed by atoms with van der Waals surface area (Å²) in [7, 11) is 0. The summed E-state index contributed by atoms with van der Waals surface area (Å²) < 4.78 is 0. The number of nitrogens with zero attached hydrogens (tertiary/aromatic N) is 1. The lowest BCUT2D eigenvalue weighted by Crippen LogP contribution is -2.24. The molecule has 1 heteroatoms. The lowest BCUT2D eigenvalue weighted by Gasteiger charge is -2.19. The van der Waals surface area contributed by atoms with Gasteiger partial charge in [0.2, 0.25) is 0 Å². The molecule has 0 aliphatic rings. The first kappa shape index (κ1) is 11.0. The maximum absolute atomic E-state index is 4.12. The van der Waals surface area contributed by atoms with Gasteiger partial charge in [-0.05, 0) is 24.2 Å². The summed E-state index contributed by atoms with van der Waals surface area (Å²) in [5.74, 6) is 0. The number of hydrogen-bond donors (Lipinski definition) is 0. The zero-order chi connectivity index (χ0) is 10.4. The molecule has 0 aliphatic heterocycles. The molecule has 1 aromatic carbocycles. The van der Waals surface area contributed by atoms with Crippen LogP contribution in [0.4, 0.5) is 0 Å². The van der Waals surface area contributed by atoms with Crippen molar-refractivity contribution in [2.75, 3.05) is 19.6 Å². The maximum Gasteiger partial charge on any atom is 0.0233 e. The van der Waals surface area contributed by atoms with Gasteiger partial charge in [-0.1, -0.05) is 50.8 Å². The van der Waals surface area contributed by atoms with Gasteiger partial charge < -0.3 is 0 Å². The van der Waals surface area contributed by atoms with Gasteiger partial charge in [0.1, 0.15) is 0 Å². The van der Waals surface area contributed by atoms with E-state index in [1.54, 1.807) is 0 Å². The zero-order valence-electron chi connectivity index (χ0n) is 9.16. The Balaban J connectivity index is 2.59. The Morgan fingerprint density at radius 2 is 1.71 bits per heavy atom. The van der Waals surface area contributed by atoms with E-state index in [0.717, 1.165) is 19.6 Å². The lowest BCUT2D eigenvalue weighted by molar-refractivity contribution is 0.342. The van der Waals surface area contributed by atoms with Gasteiger partial charge in [0.25, 0.3) is 0 Å². The van der Waals surface area contributed by atoms with Crippen LogP contribution in [0.3, 0.4) is 0 Å². The fourth-order valence-corrected chi connectivity index (χ4v) is 1.48. The molecular weight excluding hydrogens is 170 g/mol. The molecule has 1 rings (SSSR count). The third-order valence-electron chi connectivity index (χ3n) is 2.49. The van der Waals surface area contributed by atoms with E-state index in [9.17, 15) is 0 Å². The van der Waals surface area contributed by atoms with E-state index in [4.69, 9.17) is 0 Å². The highest BCUT2D eigenvalue weighted by Crippen LogP contribution is 2.12. The molecule has 76 valence electrons. The normalized spacial score (nSPS) is 10.5. The molecule has 0 radical (unpaired) electrons. The van der Waals surface area contributed by atoms with Crippen LogP contribution in [0.1, 0.15) is 19.4 Å². The molecular formula is C13H19N. The van der Waals surface area contributed by atoms with Gasteiger partial charge in [-0.2, -0.15) is 0 Å². The first-order chi connectivity index (χ1) is 6.77. The van der Waals surface area contributed by atoms with Gasteiger partial charge >= 0.3 is 0 Å². The van der Waals surface area contributed by atoms with Crippen molar-refractivity contribution >= 4 is 5.57 Å². The van der Waals surface area contributed by atoms with Crippen LogP contribution < -0.4 is 0 Å². The zero-order valence-corrected chi connectivity index (χ0v) is 9.16. The second-order valence-electron chi connectivity index (χ2n) is 3.43. The molecule has 0 atom stereocenters. The predicted molar refractivity (Wildman–Crippen MR) is 63.3 cm³/mol. The summed E-state index contributed by atoms with van der Waals surface area (Å²) in [6.45, 7) is 11.6. The molecule has 0 aliphatic carbocycles. The summed E-state index contributed by atoms with van der Waals surface area (Å²) in [5.41, 5.74) is 2.45. The van der Waals surface area contributed by atoms with Crippen molar-refractivity contribution in [3.8, 4) is 0 Å². The maximum atomic E-state index is 4.12. The van der Waals surface area contributed by atoms with Crippen molar-refractivity contribution in [3.05, 3.63) is 42.5 Å². The van der Waals surface area contributed by atoms with Crippen LogP contribution in [-0.4, -0.2) is 24.5 Å². The molecule has 1 nitrogen and oxygen atoms in total. The third kappa shape index (κ3) is 3.00. The molecule has 0 heterocycles. The Morgan fingerprint density at radius 3 is 2.21 bits per heavy atom. The van der Waals surface area contributed by atoms with Crippen LogP contribution >= 0.6 is 0 Å². The fourth-order valence-electron chi connectivity index (χ4n) is 1.48. The second kappa shape index (κ2) is 5.61. The Bertz CT molecular complexity index is 273. The molecule has 1 aromatic rings. The van der Waals surface area contributed by atoms with Crippen molar-refractivity contribution in [1.29, 1.82) is 0 Å². The minimum Gasteiger partial charge on any atom is -0.300 e. The van der Waals surface area contributed by atoms with Gasteiger partial charge in [-0.25, -0.2) is 0 Å². The first-order valence-electron chi connectivity index (χ1n) is 5.23. The fraction of sp³-hybridized carbons (Fsp3) is 0.385. The standard InChI is InChI=1S/C13H19N/c1-4-14(5-2)11-12(3)13-9-7-6-8-10-13/h6-10H,3-5,11H2,1-2H3. The summed E-state index contributed by atoms with van der Waals surface area (Å²) in [4.78, 5) is 2.37. The highest BCUT2D eigenvalue weighted by Gasteiger charge is 2.03. The molecule has 0 saturated carbocycles. The molecule has 0 aromatic heterocycles. The Kier molecular flexibility index (Phi) is 4.41. The van der Waals surface area contributed by atoms with E-state index in [2.05, 4.69) is 49.6 Å². The van der Waals surface area contributed by atoms with Crippen molar-refractivity contribution in [2.45, 2.75) is 13.8 Å². The van der Waals surface area contributed by atoms with Gasteiger partial charge in [0.05, 0.1) is 0 Å². The molecule has 0 amide bonds. The average molecular weight is 189 g/mol. The number of likely N-dealkylation sites (N-methyl/N-ethyl adjacent to an activating group) is 1. The Hall–Kier alpha value is -1.08. The highest BCUT2D eigenvalue weighted by atomic mass is 15.1. The highest BCUT2D eigenvalue weighted by molar-refractivity contribution is 5.64. The summed E-state index contributed by atoms with van der Waals surface area (Å²) in [5, 5.41) is 0. The first-order valence-corrected chi connectivity index (χ1v) is 5.23. The number of benzene rings is 1. The lowest BCUT2D eigenvalue weighted by atomic mass is 10.1. The summed E-state index contributed by atoms with van der Waals surface area (Å²) in [6, 6.07) is 10.4. The van der Waals surface area contributed by atoms with Crippen LogP contribution in [0.5, 0.6) is 0 Å². The largest absolute Gasteiger partial charge is 0.300 e. The van der Waals surface area contributed by atoms with E-state index >= 15 is 0 Å². The molecule has 0 N–H and O–H groups in total. The van der Waals surface area contributed by atoms with Crippen LogP contribution in [0.25, 0.3) is 5.57 Å². The van der Waals surface area contributed by atoms with E-state index in [-0.39, 0.29) is 0 Å². The van der Waals surface area contributed by atoms with Crippen molar-refractivity contribution in [3.63, 3.8) is 0 Å². The van der Waals surface area contributed by atoms with Crippen LogP contribution in [-0.2, 0) is 0 Å². The van der Waals surface area contributed by atoms with Crippen LogP contribution in [0.2, 0.25) is 0 Å². The van der Waals surface area contributed by atoms with Gasteiger partial charge in [-0.15, -0.1) is 0 Å². The van der Waals surface area contributed by atoms with Gasteiger partial charge in [0, 0.05) is 6.54 Å². The minimum atomic E-state index is 0.969. The van der Waals surface area contributed by atoms with Gasteiger partial charge in [0.15, 0.2) is 0 Å². The topological polar surface area (TPSA) is 3.24 Å². The number of hydrogen-bond acceptors (Lipinski definition) is 1. The van der Waals surface area contributed by atoms with E-state index in [1.807, 2.05) is 6.07 Å². The van der Waals surface area contributed by atoms with Crippen molar-refractivity contribution in [1.82, 2.24) is 4.90 Å². The minimum absolute atomic E-state index is 0.969. The smallest absolute Gasteiger partial charge is 0.0233 e. The van der Waals surface area contributed by atoms with E-state index < -0.39 is 0 Å². The van der Waals surface area contributed by atoms with Gasteiger partial charge in [-0.3, -0.25) is 4.90 Å². The second-order valence-corrected chi connectivity index (χ2v) is 3.43. The monoisotopic (exact) mass is 189 g/mol. The summed E-state index contributed by atoms with van der Waals surface area (Å²) in [6.07, 6.45) is 0. The van der Waals surface area contributed by atoms with E-state index in [0.29, 0.717) is 0 Å². The predicted octanol–water partition coefficient (Wildman–Crippen LogP) is 3.04. The molecule has 0 fully saturated rings. The molecule has 0 unspecified atom stereocenters. The van der Waals surface area contributed by atoms with Crippen molar-refractivity contribution in [2.24, 2.45) is 0 Å². The molecule has 0 bridgehead atoms. The SMILES string of the molecule is C=C(CN(CC)CC)c1ccccc1. The van der Waals surface area contributed by atoms with E-state index in [1.165, 1.54) is 11.1 Å². The van der Waals surface area contributed by atoms with Crippen molar-refractivity contribution < 1.29 is 0 Å². The molecule has 14 heavy (non-hydrogen) atoms. The quantitative estimate of drug-likeness (QED) is 0.688. The number of rotatable bonds is 5. The molecule has 0 saturated heterocycles. The molecule has 0 spiro atoms. The van der Waals surface area contributed by atoms with Crippen LogP contribution in [0.15, 0.2) is 36.9 Å². The average Bonchev–Trinajstić information content (AvgIpc) is 2.26. The Labute approximate surface area is 87.1 Å². The third-order valence-corrected chi connectivity index (χ3v) is 2.49. The Morgan fingerprint density at radius 1 is 1.14 bits per heavy atom. The van der Waals surface area contributed by atoms with Crippen LogP contribution in [0, 0.1) is 0 Å². The summed E-state index contributed by atoms with van der Waals surface area (Å²) >= 11 is 0.